The monoisotopic (exact) mass is 375 g/mol. The fraction of sp³-hybridized carbons (Fsp3) is 0.350. The summed E-state index contributed by atoms with van der Waals surface area (Å²) in [6, 6.07) is 15.3. The molecular formula is C20H26ClN3O2. The van der Waals surface area contributed by atoms with E-state index in [1.165, 1.54) is 0 Å². The summed E-state index contributed by atoms with van der Waals surface area (Å²) >= 11 is 5.87. The number of amides is 1. The van der Waals surface area contributed by atoms with Crippen LogP contribution in [-0.2, 0) is 11.4 Å². The summed E-state index contributed by atoms with van der Waals surface area (Å²) in [6.45, 7) is 2.61. The molecule has 26 heavy (non-hydrogen) atoms. The number of likely N-dealkylation sites (N-methyl/N-ethyl adjacent to an activating group) is 1. The Bertz CT molecular complexity index is 672. The highest BCUT2D eigenvalue weighted by Gasteiger charge is 2.02. The molecule has 5 nitrogen and oxygen atoms in total. The van der Waals surface area contributed by atoms with Gasteiger partial charge in [0, 0.05) is 36.8 Å². The van der Waals surface area contributed by atoms with Gasteiger partial charge in [-0.15, -0.1) is 0 Å². The van der Waals surface area contributed by atoms with Crippen LogP contribution in [0.1, 0.15) is 12.0 Å². The second kappa shape index (κ2) is 10.7. The first-order chi connectivity index (χ1) is 12.5. The molecule has 2 aromatic carbocycles. The zero-order valence-corrected chi connectivity index (χ0v) is 16.1. The topological polar surface area (TPSA) is 53.6 Å². The van der Waals surface area contributed by atoms with Gasteiger partial charge in [-0.3, -0.25) is 4.79 Å². The SMILES string of the molecule is CN(C)CCNC(=O)CCNc1ccc(OCc2ccc(Cl)cc2)cc1. The van der Waals surface area contributed by atoms with E-state index in [4.69, 9.17) is 16.3 Å². The molecule has 2 rings (SSSR count). The number of hydrogen-bond acceptors (Lipinski definition) is 4. The van der Waals surface area contributed by atoms with E-state index < -0.39 is 0 Å². The van der Waals surface area contributed by atoms with E-state index in [1.54, 1.807) is 0 Å². The van der Waals surface area contributed by atoms with E-state index in [0.717, 1.165) is 28.6 Å². The lowest BCUT2D eigenvalue weighted by atomic mass is 10.2. The number of hydrogen-bond donors (Lipinski definition) is 2. The third-order valence-electron chi connectivity index (χ3n) is 3.74. The number of ether oxygens (including phenoxy) is 1. The average Bonchev–Trinajstić information content (AvgIpc) is 2.62. The van der Waals surface area contributed by atoms with Crippen LogP contribution >= 0.6 is 11.6 Å². The van der Waals surface area contributed by atoms with Gasteiger partial charge in [-0.25, -0.2) is 0 Å². The second-order valence-corrected chi connectivity index (χ2v) is 6.71. The molecule has 6 heteroatoms. The van der Waals surface area contributed by atoms with Crippen LogP contribution in [0.15, 0.2) is 48.5 Å². The molecule has 0 radical (unpaired) electrons. The highest BCUT2D eigenvalue weighted by molar-refractivity contribution is 6.30. The largest absolute Gasteiger partial charge is 0.489 e. The van der Waals surface area contributed by atoms with E-state index in [2.05, 4.69) is 10.6 Å². The summed E-state index contributed by atoms with van der Waals surface area (Å²) < 4.78 is 5.75. The van der Waals surface area contributed by atoms with E-state index in [9.17, 15) is 4.79 Å². The maximum Gasteiger partial charge on any atom is 0.221 e. The highest BCUT2D eigenvalue weighted by Crippen LogP contribution is 2.17. The molecule has 0 aliphatic heterocycles. The molecule has 2 aromatic rings. The van der Waals surface area contributed by atoms with Crippen molar-refractivity contribution in [2.45, 2.75) is 13.0 Å². The standard InChI is InChI=1S/C20H26ClN3O2/c1-24(2)14-13-23-20(25)11-12-22-18-7-9-19(10-8-18)26-15-16-3-5-17(21)6-4-16/h3-10,22H,11-15H2,1-2H3,(H,23,25). The molecule has 0 atom stereocenters. The Balaban J connectivity index is 1.67. The number of carbonyl (C=O) groups is 1. The van der Waals surface area contributed by atoms with Gasteiger partial charge >= 0.3 is 0 Å². The van der Waals surface area contributed by atoms with Crippen molar-refractivity contribution < 1.29 is 9.53 Å². The summed E-state index contributed by atoms with van der Waals surface area (Å²) in [4.78, 5) is 13.7. The molecule has 140 valence electrons. The molecule has 0 aliphatic carbocycles. The number of carbonyl (C=O) groups excluding carboxylic acids is 1. The number of halogens is 1. The van der Waals surface area contributed by atoms with E-state index >= 15 is 0 Å². The first kappa shape index (κ1) is 20.1. The number of anilines is 1. The first-order valence-corrected chi connectivity index (χ1v) is 9.03. The van der Waals surface area contributed by atoms with E-state index in [0.29, 0.717) is 26.1 Å². The predicted molar refractivity (Wildman–Crippen MR) is 107 cm³/mol. The Labute approximate surface area is 160 Å². The molecule has 2 N–H and O–H groups in total. The predicted octanol–water partition coefficient (Wildman–Crippen LogP) is 3.40. The van der Waals surface area contributed by atoms with E-state index in [1.807, 2.05) is 67.5 Å². The lowest BCUT2D eigenvalue weighted by Crippen LogP contribution is -2.32. The van der Waals surface area contributed by atoms with Gasteiger partial charge in [-0.05, 0) is 56.1 Å². The number of nitrogens with zero attached hydrogens (tertiary/aromatic N) is 1. The zero-order valence-electron chi connectivity index (χ0n) is 15.3. The van der Waals surface area contributed by atoms with Crippen molar-refractivity contribution >= 4 is 23.2 Å². The molecule has 0 spiro atoms. The molecule has 0 fully saturated rings. The van der Waals surface area contributed by atoms with Crippen LogP contribution < -0.4 is 15.4 Å². The van der Waals surface area contributed by atoms with Gasteiger partial charge in [0.25, 0.3) is 0 Å². The smallest absolute Gasteiger partial charge is 0.221 e. The summed E-state index contributed by atoms with van der Waals surface area (Å²) in [5, 5.41) is 6.85. The maximum absolute atomic E-state index is 11.7. The van der Waals surface area contributed by atoms with Crippen LogP contribution in [0.4, 0.5) is 5.69 Å². The lowest BCUT2D eigenvalue weighted by molar-refractivity contribution is -0.120. The lowest BCUT2D eigenvalue weighted by Gasteiger charge is -2.11. The molecule has 0 unspecified atom stereocenters. The van der Waals surface area contributed by atoms with Crippen LogP contribution in [-0.4, -0.2) is 44.5 Å². The number of nitrogens with one attached hydrogen (secondary N) is 2. The minimum Gasteiger partial charge on any atom is -0.489 e. The van der Waals surface area contributed by atoms with Crippen molar-refractivity contribution in [3.05, 3.63) is 59.1 Å². The fourth-order valence-electron chi connectivity index (χ4n) is 2.24. The van der Waals surface area contributed by atoms with Crippen molar-refractivity contribution in [2.24, 2.45) is 0 Å². The van der Waals surface area contributed by atoms with Gasteiger partial charge in [0.05, 0.1) is 0 Å². The van der Waals surface area contributed by atoms with Crippen LogP contribution in [0.5, 0.6) is 5.75 Å². The van der Waals surface area contributed by atoms with Crippen molar-refractivity contribution in [1.82, 2.24) is 10.2 Å². The average molecular weight is 376 g/mol. The number of benzene rings is 2. The van der Waals surface area contributed by atoms with Gasteiger partial charge in [0.2, 0.25) is 5.91 Å². The maximum atomic E-state index is 11.7. The quantitative estimate of drug-likeness (QED) is 0.668. The minimum atomic E-state index is 0.0577. The number of rotatable bonds is 10. The van der Waals surface area contributed by atoms with Gasteiger partial charge in [0.1, 0.15) is 12.4 Å². The van der Waals surface area contributed by atoms with Crippen molar-refractivity contribution in [3.8, 4) is 5.75 Å². The summed E-state index contributed by atoms with van der Waals surface area (Å²) in [5.74, 6) is 0.856. The van der Waals surface area contributed by atoms with Crippen LogP contribution in [0, 0.1) is 0 Å². The van der Waals surface area contributed by atoms with Crippen LogP contribution in [0.3, 0.4) is 0 Å². The molecule has 0 aromatic heterocycles. The fourth-order valence-corrected chi connectivity index (χ4v) is 2.37. The first-order valence-electron chi connectivity index (χ1n) is 8.65. The molecule has 0 saturated heterocycles. The Morgan fingerprint density at radius 1 is 1.04 bits per heavy atom. The Morgan fingerprint density at radius 3 is 2.38 bits per heavy atom. The second-order valence-electron chi connectivity index (χ2n) is 6.27. The molecule has 0 bridgehead atoms. The summed E-state index contributed by atoms with van der Waals surface area (Å²) in [5.41, 5.74) is 2.03. The van der Waals surface area contributed by atoms with Crippen molar-refractivity contribution in [2.75, 3.05) is 39.0 Å². The van der Waals surface area contributed by atoms with Gasteiger partial charge < -0.3 is 20.3 Å². The van der Waals surface area contributed by atoms with Crippen molar-refractivity contribution in [1.29, 1.82) is 0 Å². The van der Waals surface area contributed by atoms with E-state index in [-0.39, 0.29) is 5.91 Å². The van der Waals surface area contributed by atoms with Gasteiger partial charge in [0.15, 0.2) is 0 Å². The van der Waals surface area contributed by atoms with Crippen LogP contribution in [0.25, 0.3) is 0 Å². The van der Waals surface area contributed by atoms with Gasteiger partial charge in [-0.2, -0.15) is 0 Å². The molecular weight excluding hydrogens is 350 g/mol. The van der Waals surface area contributed by atoms with Crippen LogP contribution in [0.2, 0.25) is 5.02 Å². The summed E-state index contributed by atoms with van der Waals surface area (Å²) in [7, 11) is 3.97. The Morgan fingerprint density at radius 2 is 1.73 bits per heavy atom. The molecule has 0 heterocycles. The Hall–Kier alpha value is -2.24. The van der Waals surface area contributed by atoms with Crippen molar-refractivity contribution in [3.63, 3.8) is 0 Å². The highest BCUT2D eigenvalue weighted by atomic mass is 35.5. The molecule has 0 saturated carbocycles. The molecule has 0 aliphatic rings. The minimum absolute atomic E-state index is 0.0577. The molecule has 1 amide bonds. The van der Waals surface area contributed by atoms with Gasteiger partial charge in [-0.1, -0.05) is 23.7 Å². The third-order valence-corrected chi connectivity index (χ3v) is 3.99. The zero-order chi connectivity index (χ0) is 18.8. The summed E-state index contributed by atoms with van der Waals surface area (Å²) in [6.07, 6.45) is 0.447. The normalized spacial score (nSPS) is 10.6. The third kappa shape index (κ3) is 7.76. The Kier molecular flexibility index (Phi) is 8.25.